The quantitative estimate of drug-likeness (QED) is 0.129. The van der Waals surface area contributed by atoms with Crippen molar-refractivity contribution < 1.29 is 9.13 Å². The Morgan fingerprint density at radius 1 is 0.528 bits per heavy atom. The van der Waals surface area contributed by atoms with Crippen molar-refractivity contribution in [1.82, 2.24) is 64.8 Å². The molecule has 1 saturated carbocycles. The molecule has 1 fully saturated rings. The summed E-state index contributed by atoms with van der Waals surface area (Å²) in [6.45, 7) is 2.06. The minimum Gasteiger partial charge on any atom is -0.474 e. The number of benzene rings is 3. The predicted octanol–water partition coefficient (Wildman–Crippen LogP) is 12.4. The molecule has 0 atom stereocenters. The number of hydrogen-bond acceptors (Lipinski definition) is 13. The van der Waals surface area contributed by atoms with Gasteiger partial charge in [-0.25, -0.2) is 44.3 Å². The van der Waals surface area contributed by atoms with E-state index >= 15 is 4.39 Å². The highest BCUT2D eigenvalue weighted by Gasteiger charge is 2.28. The molecule has 0 saturated heterocycles. The molecule has 72 heavy (non-hydrogen) atoms. The van der Waals surface area contributed by atoms with Crippen molar-refractivity contribution in [1.29, 1.82) is 0 Å². The van der Waals surface area contributed by atoms with Crippen LogP contribution < -0.4 is 4.74 Å². The van der Waals surface area contributed by atoms with Crippen LogP contribution in [0.2, 0.25) is 0 Å². The molecule has 16 heteroatoms. The topological polar surface area (TPSA) is 180 Å². The molecule has 14 nitrogen and oxygen atoms in total. The lowest BCUT2D eigenvalue weighted by Gasteiger charge is -2.18. The van der Waals surface area contributed by atoms with Gasteiger partial charge >= 0.3 is 0 Å². The highest BCUT2D eigenvalue weighted by atomic mass is 79.9. The van der Waals surface area contributed by atoms with Crippen LogP contribution in [0.5, 0.6) is 5.88 Å². The van der Waals surface area contributed by atoms with E-state index in [0.29, 0.717) is 72.8 Å². The Morgan fingerprint density at radius 2 is 1.25 bits per heavy atom. The second kappa shape index (κ2) is 19.1. The number of rotatable bonds is 11. The van der Waals surface area contributed by atoms with Crippen LogP contribution in [0.4, 0.5) is 4.39 Å². The summed E-state index contributed by atoms with van der Waals surface area (Å²) >= 11 is 3.83. The molecule has 0 radical (unpaired) electrons. The van der Waals surface area contributed by atoms with E-state index < -0.39 is 5.82 Å². The van der Waals surface area contributed by atoms with E-state index in [-0.39, 0.29) is 23.5 Å². The van der Waals surface area contributed by atoms with Crippen molar-refractivity contribution in [2.45, 2.75) is 38.7 Å². The molecule has 0 unspecified atom stereocenters. The zero-order valence-corrected chi connectivity index (χ0v) is 40.0. The maximum absolute atomic E-state index is 15.6. The van der Waals surface area contributed by atoms with Gasteiger partial charge in [0, 0.05) is 89.0 Å². The van der Waals surface area contributed by atoms with Crippen molar-refractivity contribution in [3.63, 3.8) is 0 Å². The Hall–Kier alpha value is -8.89. The third-order valence-electron chi connectivity index (χ3n) is 12.6. The van der Waals surface area contributed by atoms with Crippen molar-refractivity contribution in [3.05, 3.63) is 175 Å². The minimum absolute atomic E-state index is 0.0880. The molecule has 3 aromatic carbocycles. The maximum Gasteiger partial charge on any atom is 0.228 e. The molecule has 8 heterocycles. The summed E-state index contributed by atoms with van der Waals surface area (Å²) < 4.78 is 22.8. The summed E-state index contributed by atoms with van der Waals surface area (Å²) in [5.41, 5.74) is 8.54. The van der Waals surface area contributed by atoms with Crippen molar-refractivity contribution in [2.75, 3.05) is 0 Å². The number of halogens is 2. The number of aryl methyl sites for hydroxylation is 1. The first-order chi connectivity index (χ1) is 35.4. The third-order valence-corrected chi connectivity index (χ3v) is 13.4. The monoisotopic (exact) mass is 1010 g/mol. The first kappa shape index (κ1) is 44.3. The number of hydrogen-bond donors (Lipinski definition) is 1. The van der Waals surface area contributed by atoms with Crippen molar-refractivity contribution >= 4 is 26.7 Å². The van der Waals surface area contributed by atoms with Crippen molar-refractivity contribution in [3.8, 4) is 108 Å². The molecule has 1 aliphatic carbocycles. The smallest absolute Gasteiger partial charge is 0.228 e. The molecule has 1 aliphatic rings. The molecule has 11 aromatic rings. The van der Waals surface area contributed by atoms with Crippen LogP contribution in [-0.2, 0) is 0 Å². The number of nitrogens with zero attached hydrogens (tertiary/aromatic N) is 12. The summed E-state index contributed by atoms with van der Waals surface area (Å²) in [6.07, 6.45) is 18.8. The predicted molar refractivity (Wildman–Crippen MR) is 276 cm³/mol. The van der Waals surface area contributed by atoms with Gasteiger partial charge in [0.15, 0.2) is 29.1 Å². The number of ether oxygens (including phenoxy) is 1. The largest absolute Gasteiger partial charge is 0.474 e. The fourth-order valence-corrected chi connectivity index (χ4v) is 9.75. The van der Waals surface area contributed by atoms with E-state index in [1.807, 2.05) is 79.1 Å². The van der Waals surface area contributed by atoms with Gasteiger partial charge in [-0.15, -0.1) is 0 Å². The number of fused-ring (bicyclic) bond motifs is 1. The van der Waals surface area contributed by atoms with Gasteiger partial charge in [-0.2, -0.15) is 4.98 Å². The summed E-state index contributed by atoms with van der Waals surface area (Å²) in [7, 11) is 0. The van der Waals surface area contributed by atoms with Crippen LogP contribution >= 0.6 is 15.9 Å². The van der Waals surface area contributed by atoms with E-state index in [1.54, 1.807) is 37.2 Å². The molecule has 8 aromatic heterocycles. The van der Waals surface area contributed by atoms with Gasteiger partial charge in [-0.1, -0.05) is 78.9 Å². The van der Waals surface area contributed by atoms with E-state index in [4.69, 9.17) is 49.6 Å². The van der Waals surface area contributed by atoms with Crippen LogP contribution in [0, 0.1) is 12.7 Å². The Bertz CT molecular complexity index is 3810. The van der Waals surface area contributed by atoms with Gasteiger partial charge in [0.25, 0.3) is 0 Å². The minimum atomic E-state index is -0.527. The molecule has 0 bridgehead atoms. The summed E-state index contributed by atoms with van der Waals surface area (Å²) in [6, 6.07) is 32.7. The standard InChI is InChI=1S/C56H39BrFN13O/c1-32-12-5-9-18-36(32)47-39(46-37-19-10-6-13-33(37)21-24-60-46)29-65-51(69-47)40-30-66-52(70-49(40)54-62-26-27-63-54)41-31-67-55(71-56(41)72-35-16-7-8-17-35)50-45(57)44(38(28-64-50)48-42(58)20-11-23-59-48)53-61-25-22-43(68-53)34-14-3-2-4-15-34/h2-6,9-15,18-31,35H,7-8,16-17H2,1H3,(H,62,63). The number of imidazole rings is 1. The van der Waals surface area contributed by atoms with Gasteiger partial charge in [-0.3, -0.25) is 15.0 Å². The summed E-state index contributed by atoms with van der Waals surface area (Å²) in [5, 5.41) is 2.05. The molecular formula is C56H39BrFN13O. The SMILES string of the molecule is Cc1ccccc1-c1nc(-c2cnc(-c3cnc(-c4ncc(-c5ncccc5F)c(-c5nccc(-c6ccccc6)n5)c4Br)nc3OC3CCCC3)nc2-c2ncc[nH]2)ncc1-c1nccc2ccccc12. The Labute approximate surface area is 420 Å². The second-order valence-electron chi connectivity index (χ2n) is 17.2. The van der Waals surface area contributed by atoms with E-state index in [9.17, 15) is 0 Å². The number of H-pyrrole nitrogens is 1. The summed E-state index contributed by atoms with van der Waals surface area (Å²) in [5.74, 6) is 1.46. The van der Waals surface area contributed by atoms with Crippen LogP contribution in [0.1, 0.15) is 31.2 Å². The van der Waals surface area contributed by atoms with Crippen LogP contribution in [0.3, 0.4) is 0 Å². The normalized spacial score (nSPS) is 12.7. The van der Waals surface area contributed by atoms with Crippen LogP contribution in [-0.4, -0.2) is 70.9 Å². The molecule has 12 rings (SSSR count). The van der Waals surface area contributed by atoms with E-state index in [2.05, 4.69) is 67.1 Å². The Morgan fingerprint density at radius 3 is 2.08 bits per heavy atom. The lowest BCUT2D eigenvalue weighted by atomic mass is 9.97. The molecule has 0 aliphatic heterocycles. The van der Waals surface area contributed by atoms with E-state index in [0.717, 1.165) is 64.4 Å². The fraction of sp³-hybridized carbons (Fsp3) is 0.107. The molecule has 348 valence electrons. The average Bonchev–Trinajstić information content (AvgIpc) is 4.17. The zero-order valence-electron chi connectivity index (χ0n) is 38.4. The van der Waals surface area contributed by atoms with Crippen molar-refractivity contribution in [2.24, 2.45) is 0 Å². The fourth-order valence-electron chi connectivity index (χ4n) is 9.07. The first-order valence-corrected chi connectivity index (χ1v) is 24.1. The molecule has 0 amide bonds. The highest BCUT2D eigenvalue weighted by molar-refractivity contribution is 9.10. The Kier molecular flexibility index (Phi) is 11.8. The maximum atomic E-state index is 15.6. The number of pyridine rings is 3. The highest BCUT2D eigenvalue weighted by Crippen LogP contribution is 2.43. The van der Waals surface area contributed by atoms with E-state index in [1.165, 1.54) is 18.3 Å². The molecular weight excluding hydrogens is 970 g/mol. The number of aromatic nitrogens is 13. The molecule has 1 N–H and O–H groups in total. The zero-order chi connectivity index (χ0) is 48.5. The van der Waals surface area contributed by atoms with Gasteiger partial charge in [0.2, 0.25) is 5.88 Å². The number of aromatic amines is 1. The van der Waals surface area contributed by atoms with Gasteiger partial charge in [0.1, 0.15) is 29.0 Å². The molecule has 0 spiro atoms. The van der Waals surface area contributed by atoms with Gasteiger partial charge in [-0.05, 0) is 83.8 Å². The number of nitrogens with one attached hydrogen (secondary N) is 1. The lowest BCUT2D eigenvalue weighted by Crippen LogP contribution is -2.14. The van der Waals surface area contributed by atoms with Gasteiger partial charge in [0.05, 0.1) is 32.7 Å². The van der Waals surface area contributed by atoms with Crippen LogP contribution in [0.25, 0.3) is 113 Å². The third kappa shape index (κ3) is 8.40. The first-order valence-electron chi connectivity index (χ1n) is 23.3. The average molecular weight is 1010 g/mol. The van der Waals surface area contributed by atoms with Gasteiger partial charge < -0.3 is 9.72 Å². The Balaban J connectivity index is 0.995. The summed E-state index contributed by atoms with van der Waals surface area (Å²) in [4.78, 5) is 61.9. The lowest BCUT2D eigenvalue weighted by molar-refractivity contribution is 0.202. The van der Waals surface area contributed by atoms with Crippen LogP contribution in [0.15, 0.2) is 163 Å². The second-order valence-corrected chi connectivity index (χ2v) is 17.9.